The first kappa shape index (κ1) is 15.6. The fourth-order valence-corrected chi connectivity index (χ4v) is 1.97. The Hall–Kier alpha value is -3.24. The first-order valence-electron chi connectivity index (χ1n) is 6.65. The normalized spacial score (nSPS) is 11.5. The van der Waals surface area contributed by atoms with Gasteiger partial charge in [0.1, 0.15) is 12.9 Å². The summed E-state index contributed by atoms with van der Waals surface area (Å²) in [5.41, 5.74) is 1.03. The number of halogens is 3. The summed E-state index contributed by atoms with van der Waals surface area (Å²) in [6.45, 7) is -1.22. The number of hydrogen-bond acceptors (Lipinski definition) is 5. The lowest BCUT2D eigenvalue weighted by atomic mass is 10.2. The molecule has 2 heterocycles. The van der Waals surface area contributed by atoms with Crippen LogP contribution < -0.4 is 5.32 Å². The van der Waals surface area contributed by atoms with Gasteiger partial charge in [0.05, 0.1) is 17.6 Å². The van der Waals surface area contributed by atoms with Gasteiger partial charge in [-0.1, -0.05) is 6.07 Å². The molecule has 0 saturated heterocycles. The number of hydrogen-bond donors (Lipinski definition) is 1. The summed E-state index contributed by atoms with van der Waals surface area (Å²) in [6.07, 6.45) is -0.753. The summed E-state index contributed by atoms with van der Waals surface area (Å²) in [6, 6.07) is 6.45. The summed E-state index contributed by atoms with van der Waals surface area (Å²) in [5, 5.41) is 16.8. The van der Waals surface area contributed by atoms with Crippen LogP contribution in [0.1, 0.15) is 10.4 Å². The van der Waals surface area contributed by atoms with Gasteiger partial charge in [-0.3, -0.25) is 9.48 Å². The van der Waals surface area contributed by atoms with E-state index in [4.69, 9.17) is 0 Å². The van der Waals surface area contributed by atoms with Crippen LogP contribution in [0.3, 0.4) is 0 Å². The number of alkyl halides is 3. The van der Waals surface area contributed by atoms with Crippen molar-refractivity contribution in [2.75, 3.05) is 5.32 Å². The van der Waals surface area contributed by atoms with Crippen LogP contribution >= 0.6 is 0 Å². The average molecular weight is 337 g/mol. The lowest BCUT2D eigenvalue weighted by Gasteiger charge is -2.06. The van der Waals surface area contributed by atoms with E-state index >= 15 is 0 Å². The monoisotopic (exact) mass is 337 g/mol. The van der Waals surface area contributed by atoms with E-state index in [0.717, 1.165) is 12.4 Å². The Morgan fingerprint density at radius 2 is 2.12 bits per heavy atom. The van der Waals surface area contributed by atoms with Crippen molar-refractivity contribution in [1.29, 1.82) is 0 Å². The van der Waals surface area contributed by atoms with Crippen molar-refractivity contribution in [1.82, 2.24) is 30.0 Å². The molecule has 0 bridgehead atoms. The minimum atomic E-state index is -4.38. The molecular weight excluding hydrogens is 327 g/mol. The summed E-state index contributed by atoms with van der Waals surface area (Å²) < 4.78 is 38.9. The standard InChI is InChI=1S/C13H10F3N7O/c14-13(15,16)7-22-6-10(5-18-22)19-12(24)9-2-1-3-11(4-9)23-8-17-20-21-23/h1-6,8H,7H2,(H,19,24). The third-order valence-electron chi connectivity index (χ3n) is 2.95. The van der Waals surface area contributed by atoms with Crippen molar-refractivity contribution in [3.63, 3.8) is 0 Å². The predicted molar refractivity (Wildman–Crippen MR) is 75.4 cm³/mol. The molecule has 0 aliphatic rings. The van der Waals surface area contributed by atoms with Crippen LogP contribution in [0.4, 0.5) is 18.9 Å². The zero-order valence-electron chi connectivity index (χ0n) is 12.0. The minimum Gasteiger partial charge on any atom is -0.319 e. The number of carbonyl (C=O) groups excluding carboxylic acids is 1. The molecule has 0 saturated carbocycles. The van der Waals surface area contributed by atoms with Crippen LogP contribution in [-0.4, -0.2) is 42.1 Å². The van der Waals surface area contributed by atoms with Crippen LogP contribution in [0.2, 0.25) is 0 Å². The molecule has 124 valence electrons. The average Bonchev–Trinajstić information content (AvgIpc) is 3.18. The second-order valence-corrected chi connectivity index (χ2v) is 4.80. The topological polar surface area (TPSA) is 90.5 Å². The van der Waals surface area contributed by atoms with Gasteiger partial charge < -0.3 is 5.32 Å². The Balaban J connectivity index is 1.72. The molecule has 1 amide bonds. The van der Waals surface area contributed by atoms with Crippen molar-refractivity contribution in [3.8, 4) is 5.69 Å². The molecule has 8 nitrogen and oxygen atoms in total. The molecule has 0 atom stereocenters. The molecule has 2 aromatic heterocycles. The molecule has 11 heteroatoms. The Bertz CT molecular complexity index is 841. The maximum atomic E-state index is 12.3. The van der Waals surface area contributed by atoms with Gasteiger partial charge in [0.25, 0.3) is 5.91 Å². The highest BCUT2D eigenvalue weighted by atomic mass is 19.4. The van der Waals surface area contributed by atoms with Crippen LogP contribution in [0.15, 0.2) is 43.0 Å². The predicted octanol–water partition coefficient (Wildman–Crippen LogP) is 1.67. The van der Waals surface area contributed by atoms with Gasteiger partial charge in [-0.15, -0.1) is 5.10 Å². The first-order valence-corrected chi connectivity index (χ1v) is 6.65. The zero-order chi connectivity index (χ0) is 17.2. The van der Waals surface area contributed by atoms with Crippen LogP contribution in [-0.2, 0) is 6.54 Å². The van der Waals surface area contributed by atoms with E-state index in [-0.39, 0.29) is 5.69 Å². The Morgan fingerprint density at radius 3 is 2.83 bits per heavy atom. The fraction of sp³-hybridized carbons (Fsp3) is 0.154. The highest BCUT2D eigenvalue weighted by Gasteiger charge is 2.28. The second-order valence-electron chi connectivity index (χ2n) is 4.80. The van der Waals surface area contributed by atoms with Crippen molar-refractivity contribution in [2.24, 2.45) is 0 Å². The quantitative estimate of drug-likeness (QED) is 0.782. The van der Waals surface area contributed by atoms with E-state index in [1.807, 2.05) is 0 Å². The van der Waals surface area contributed by atoms with Gasteiger partial charge >= 0.3 is 6.18 Å². The van der Waals surface area contributed by atoms with Gasteiger partial charge in [0.15, 0.2) is 0 Å². The Morgan fingerprint density at radius 1 is 1.29 bits per heavy atom. The van der Waals surface area contributed by atoms with Crippen LogP contribution in [0.5, 0.6) is 0 Å². The van der Waals surface area contributed by atoms with Crippen LogP contribution in [0, 0.1) is 0 Å². The van der Waals surface area contributed by atoms with E-state index < -0.39 is 18.6 Å². The summed E-state index contributed by atoms with van der Waals surface area (Å²) in [5.74, 6) is -0.489. The molecule has 0 radical (unpaired) electrons. The third-order valence-corrected chi connectivity index (χ3v) is 2.95. The number of carbonyl (C=O) groups is 1. The minimum absolute atomic E-state index is 0.164. The number of nitrogens with zero attached hydrogens (tertiary/aromatic N) is 6. The van der Waals surface area contributed by atoms with Crippen molar-refractivity contribution in [3.05, 3.63) is 48.5 Å². The van der Waals surface area contributed by atoms with E-state index in [1.54, 1.807) is 24.3 Å². The molecule has 0 unspecified atom stereocenters. The molecule has 24 heavy (non-hydrogen) atoms. The Labute approximate surface area is 132 Å². The smallest absolute Gasteiger partial charge is 0.319 e. The molecule has 0 fully saturated rings. The van der Waals surface area contributed by atoms with E-state index in [9.17, 15) is 18.0 Å². The number of rotatable bonds is 4. The van der Waals surface area contributed by atoms with Crippen LogP contribution in [0.25, 0.3) is 5.69 Å². The molecule has 0 aliphatic carbocycles. The number of tetrazole rings is 1. The molecule has 3 rings (SSSR count). The Kier molecular flexibility index (Phi) is 3.98. The molecular formula is C13H10F3N7O. The second kappa shape index (κ2) is 6.10. The molecule has 1 aromatic carbocycles. The third kappa shape index (κ3) is 3.74. The highest BCUT2D eigenvalue weighted by Crippen LogP contribution is 2.18. The molecule has 0 spiro atoms. The van der Waals surface area contributed by atoms with Gasteiger partial charge in [0.2, 0.25) is 0 Å². The fourth-order valence-electron chi connectivity index (χ4n) is 1.97. The number of amides is 1. The SMILES string of the molecule is O=C(Nc1cnn(CC(F)(F)F)c1)c1cccc(-n2cnnn2)c1. The summed E-state index contributed by atoms with van der Waals surface area (Å²) in [7, 11) is 0. The summed E-state index contributed by atoms with van der Waals surface area (Å²) in [4.78, 5) is 12.2. The maximum absolute atomic E-state index is 12.3. The van der Waals surface area contributed by atoms with E-state index in [0.29, 0.717) is 15.9 Å². The maximum Gasteiger partial charge on any atom is 0.408 e. The van der Waals surface area contributed by atoms with Gasteiger partial charge in [-0.2, -0.15) is 18.3 Å². The van der Waals surface area contributed by atoms with Gasteiger partial charge in [-0.25, -0.2) is 4.68 Å². The lowest BCUT2D eigenvalue weighted by Crippen LogP contribution is -2.18. The van der Waals surface area contributed by atoms with Crippen molar-refractivity contribution in [2.45, 2.75) is 12.7 Å². The summed E-state index contributed by atoms with van der Waals surface area (Å²) >= 11 is 0. The molecule has 0 aliphatic heterocycles. The van der Waals surface area contributed by atoms with E-state index in [1.165, 1.54) is 11.0 Å². The van der Waals surface area contributed by atoms with Crippen molar-refractivity contribution >= 4 is 11.6 Å². The number of anilines is 1. The number of aromatic nitrogens is 6. The first-order chi connectivity index (χ1) is 11.4. The lowest BCUT2D eigenvalue weighted by molar-refractivity contribution is -0.142. The molecule has 3 aromatic rings. The van der Waals surface area contributed by atoms with E-state index in [2.05, 4.69) is 25.9 Å². The largest absolute Gasteiger partial charge is 0.408 e. The van der Waals surface area contributed by atoms with Crippen molar-refractivity contribution < 1.29 is 18.0 Å². The molecule has 1 N–H and O–H groups in total. The van der Waals surface area contributed by atoms with Gasteiger partial charge in [-0.05, 0) is 28.6 Å². The zero-order valence-corrected chi connectivity index (χ0v) is 12.0. The van der Waals surface area contributed by atoms with Gasteiger partial charge in [0, 0.05) is 11.8 Å². The number of nitrogens with one attached hydrogen (secondary N) is 1. The highest BCUT2D eigenvalue weighted by molar-refractivity contribution is 6.04. The number of benzene rings is 1.